The first-order valence-electron chi connectivity index (χ1n) is 7.40. The Balaban J connectivity index is 2.17. The van der Waals surface area contributed by atoms with Crippen LogP contribution in [0.5, 0.6) is 11.5 Å². The summed E-state index contributed by atoms with van der Waals surface area (Å²) >= 11 is 0. The van der Waals surface area contributed by atoms with Gasteiger partial charge in [-0.05, 0) is 56.2 Å². The number of nitrogens with zero attached hydrogens (tertiary/aromatic N) is 2. The van der Waals surface area contributed by atoms with Gasteiger partial charge in [0, 0.05) is 18.0 Å². The van der Waals surface area contributed by atoms with Crippen molar-refractivity contribution in [2.75, 3.05) is 13.7 Å². The number of aryl methyl sites for hydroxylation is 2. The third kappa shape index (κ3) is 2.41. The van der Waals surface area contributed by atoms with Crippen LogP contribution in [0.15, 0.2) is 36.7 Å². The van der Waals surface area contributed by atoms with Crippen LogP contribution in [0.2, 0.25) is 0 Å². The Morgan fingerprint density at radius 3 is 2.55 bits per heavy atom. The highest BCUT2D eigenvalue weighted by Gasteiger charge is 2.13. The van der Waals surface area contributed by atoms with Crippen LogP contribution in [0.4, 0.5) is 0 Å². The predicted molar refractivity (Wildman–Crippen MR) is 87.8 cm³/mol. The van der Waals surface area contributed by atoms with Gasteiger partial charge in [0.15, 0.2) is 11.4 Å². The molecular formula is C18H20N2O2. The van der Waals surface area contributed by atoms with Crippen molar-refractivity contribution in [1.29, 1.82) is 0 Å². The molecule has 0 unspecified atom stereocenters. The number of benzene rings is 1. The molecule has 114 valence electrons. The minimum absolute atomic E-state index is 0.627. The van der Waals surface area contributed by atoms with Crippen molar-refractivity contribution in [3.8, 4) is 22.8 Å². The van der Waals surface area contributed by atoms with Crippen molar-refractivity contribution in [2.24, 2.45) is 0 Å². The highest BCUT2D eigenvalue weighted by Crippen LogP contribution is 2.31. The second-order valence-electron chi connectivity index (χ2n) is 5.30. The van der Waals surface area contributed by atoms with Crippen molar-refractivity contribution >= 4 is 5.65 Å². The lowest BCUT2D eigenvalue weighted by Crippen LogP contribution is -1.94. The largest absolute Gasteiger partial charge is 0.497 e. The van der Waals surface area contributed by atoms with E-state index in [1.807, 2.05) is 48.0 Å². The van der Waals surface area contributed by atoms with E-state index in [2.05, 4.69) is 13.8 Å². The number of hydrogen-bond donors (Lipinski definition) is 0. The summed E-state index contributed by atoms with van der Waals surface area (Å²) in [4.78, 5) is 4.78. The number of ether oxygens (including phenoxy) is 2. The zero-order chi connectivity index (χ0) is 15.7. The van der Waals surface area contributed by atoms with Gasteiger partial charge in [0.05, 0.1) is 19.4 Å². The summed E-state index contributed by atoms with van der Waals surface area (Å²) in [6, 6.07) is 7.99. The number of aromatic nitrogens is 2. The highest BCUT2D eigenvalue weighted by molar-refractivity contribution is 5.72. The van der Waals surface area contributed by atoms with E-state index in [4.69, 9.17) is 14.5 Å². The van der Waals surface area contributed by atoms with Gasteiger partial charge in [0.1, 0.15) is 5.75 Å². The lowest BCUT2D eigenvalue weighted by atomic mass is 10.00. The molecule has 2 aromatic heterocycles. The summed E-state index contributed by atoms with van der Waals surface area (Å²) in [7, 11) is 1.69. The lowest BCUT2D eigenvalue weighted by molar-refractivity contribution is 0.342. The van der Waals surface area contributed by atoms with E-state index in [9.17, 15) is 0 Å². The zero-order valence-electron chi connectivity index (χ0n) is 13.4. The molecular weight excluding hydrogens is 276 g/mol. The van der Waals surface area contributed by atoms with Crippen LogP contribution in [0, 0.1) is 13.8 Å². The van der Waals surface area contributed by atoms with E-state index in [0.717, 1.165) is 39.5 Å². The van der Waals surface area contributed by atoms with Crippen LogP contribution in [0.25, 0.3) is 16.9 Å². The van der Waals surface area contributed by atoms with Crippen molar-refractivity contribution in [1.82, 2.24) is 9.38 Å². The van der Waals surface area contributed by atoms with Gasteiger partial charge in [0.2, 0.25) is 0 Å². The molecule has 0 aliphatic carbocycles. The van der Waals surface area contributed by atoms with Crippen LogP contribution < -0.4 is 9.47 Å². The molecule has 0 saturated carbocycles. The fourth-order valence-electron chi connectivity index (χ4n) is 2.82. The number of hydrogen-bond acceptors (Lipinski definition) is 3. The second kappa shape index (κ2) is 5.72. The number of imidazole rings is 1. The first-order valence-corrected chi connectivity index (χ1v) is 7.40. The second-order valence-corrected chi connectivity index (χ2v) is 5.30. The Labute approximate surface area is 130 Å². The molecule has 3 rings (SSSR count). The van der Waals surface area contributed by atoms with E-state index in [0.29, 0.717) is 6.61 Å². The molecule has 0 fully saturated rings. The van der Waals surface area contributed by atoms with Crippen LogP contribution >= 0.6 is 0 Å². The minimum Gasteiger partial charge on any atom is -0.497 e. The topological polar surface area (TPSA) is 35.8 Å². The van der Waals surface area contributed by atoms with E-state index < -0.39 is 0 Å². The van der Waals surface area contributed by atoms with Crippen LogP contribution in [-0.4, -0.2) is 23.1 Å². The SMILES string of the molecule is CCOc1cccn2cc(-c3c(C)cc(OC)cc3C)nc12. The number of pyridine rings is 1. The summed E-state index contributed by atoms with van der Waals surface area (Å²) in [6.07, 6.45) is 4.03. The van der Waals surface area contributed by atoms with E-state index in [-0.39, 0.29) is 0 Å². The van der Waals surface area contributed by atoms with Gasteiger partial charge < -0.3 is 13.9 Å². The number of rotatable bonds is 4. The Bertz CT molecular complexity index is 798. The van der Waals surface area contributed by atoms with Gasteiger partial charge in [-0.3, -0.25) is 0 Å². The molecule has 0 N–H and O–H groups in total. The van der Waals surface area contributed by atoms with Crippen molar-refractivity contribution in [3.05, 3.63) is 47.8 Å². The van der Waals surface area contributed by atoms with Gasteiger partial charge in [-0.2, -0.15) is 0 Å². The smallest absolute Gasteiger partial charge is 0.180 e. The average Bonchev–Trinajstić information content (AvgIpc) is 2.91. The van der Waals surface area contributed by atoms with E-state index in [1.165, 1.54) is 0 Å². The summed E-state index contributed by atoms with van der Waals surface area (Å²) in [6.45, 7) is 6.77. The van der Waals surface area contributed by atoms with Gasteiger partial charge in [-0.15, -0.1) is 0 Å². The molecule has 2 heterocycles. The zero-order valence-corrected chi connectivity index (χ0v) is 13.4. The first kappa shape index (κ1) is 14.4. The summed E-state index contributed by atoms with van der Waals surface area (Å²) in [5.74, 6) is 1.68. The molecule has 0 aliphatic rings. The molecule has 1 aromatic carbocycles. The van der Waals surface area contributed by atoms with Crippen LogP contribution in [0.3, 0.4) is 0 Å². The predicted octanol–water partition coefficient (Wildman–Crippen LogP) is 4.03. The molecule has 0 atom stereocenters. The Hall–Kier alpha value is -2.49. The Morgan fingerprint density at radius 1 is 1.18 bits per heavy atom. The molecule has 0 saturated heterocycles. The van der Waals surface area contributed by atoms with Gasteiger partial charge in [-0.25, -0.2) is 4.98 Å². The molecule has 4 heteroatoms. The Morgan fingerprint density at radius 2 is 1.91 bits per heavy atom. The molecule has 0 aliphatic heterocycles. The molecule has 0 radical (unpaired) electrons. The normalized spacial score (nSPS) is 10.9. The fourth-order valence-corrected chi connectivity index (χ4v) is 2.82. The maximum absolute atomic E-state index is 5.66. The molecule has 0 spiro atoms. The molecule has 4 nitrogen and oxygen atoms in total. The van der Waals surface area contributed by atoms with Gasteiger partial charge >= 0.3 is 0 Å². The quantitative estimate of drug-likeness (QED) is 0.729. The summed E-state index contributed by atoms with van der Waals surface area (Å²) in [5, 5.41) is 0. The van der Waals surface area contributed by atoms with Crippen LogP contribution in [0.1, 0.15) is 18.1 Å². The number of fused-ring (bicyclic) bond motifs is 1. The lowest BCUT2D eigenvalue weighted by Gasteiger charge is -2.10. The molecule has 3 aromatic rings. The third-order valence-electron chi connectivity index (χ3n) is 3.74. The average molecular weight is 296 g/mol. The molecule has 22 heavy (non-hydrogen) atoms. The first-order chi connectivity index (χ1) is 10.6. The van der Waals surface area contributed by atoms with Crippen molar-refractivity contribution in [3.63, 3.8) is 0 Å². The molecule has 0 bridgehead atoms. The van der Waals surface area contributed by atoms with Crippen molar-refractivity contribution in [2.45, 2.75) is 20.8 Å². The van der Waals surface area contributed by atoms with E-state index in [1.54, 1.807) is 7.11 Å². The number of methoxy groups -OCH3 is 1. The van der Waals surface area contributed by atoms with Gasteiger partial charge in [0.25, 0.3) is 0 Å². The maximum Gasteiger partial charge on any atom is 0.180 e. The maximum atomic E-state index is 5.66. The monoisotopic (exact) mass is 296 g/mol. The Kier molecular flexibility index (Phi) is 3.75. The summed E-state index contributed by atoms with van der Waals surface area (Å²) < 4.78 is 13.0. The molecule has 0 amide bonds. The fraction of sp³-hybridized carbons (Fsp3) is 0.278. The van der Waals surface area contributed by atoms with Crippen molar-refractivity contribution < 1.29 is 9.47 Å². The third-order valence-corrected chi connectivity index (χ3v) is 3.74. The standard InChI is InChI=1S/C18H20N2O2/c1-5-22-16-7-6-8-20-11-15(19-18(16)20)17-12(2)9-14(21-4)10-13(17)3/h6-11H,5H2,1-4H3. The minimum atomic E-state index is 0.627. The summed E-state index contributed by atoms with van der Waals surface area (Å²) in [5.41, 5.74) is 5.24. The van der Waals surface area contributed by atoms with E-state index >= 15 is 0 Å². The van der Waals surface area contributed by atoms with Gasteiger partial charge in [-0.1, -0.05) is 0 Å². The van der Waals surface area contributed by atoms with Crippen LogP contribution in [-0.2, 0) is 0 Å². The highest BCUT2D eigenvalue weighted by atomic mass is 16.5.